The lowest BCUT2D eigenvalue weighted by Gasteiger charge is -2.29. The number of nitrogens with zero attached hydrogens (tertiary/aromatic N) is 1. The molecule has 1 saturated heterocycles. The number of carbonyl (C=O) groups excluding carboxylic acids is 1. The number of amides is 1. The van der Waals surface area contributed by atoms with Gasteiger partial charge in [0.1, 0.15) is 6.04 Å². The Morgan fingerprint density at radius 3 is 2.88 bits per heavy atom. The number of likely N-dealkylation sites (tertiary alicyclic amines) is 1. The summed E-state index contributed by atoms with van der Waals surface area (Å²) in [5, 5.41) is 10.6. The highest BCUT2D eigenvalue weighted by molar-refractivity contribution is 5.92. The Kier molecular flexibility index (Phi) is 3.59. The van der Waals surface area contributed by atoms with E-state index in [1.165, 1.54) is 16.5 Å². The number of aliphatic carboxylic acids is 1. The Balaban J connectivity index is 1.72. The molecule has 1 aliphatic carbocycles. The van der Waals surface area contributed by atoms with E-state index in [1.807, 2.05) is 0 Å². The smallest absolute Gasteiger partial charge is 0.326 e. The van der Waals surface area contributed by atoms with Crippen molar-refractivity contribution in [1.29, 1.82) is 0 Å². The van der Waals surface area contributed by atoms with Gasteiger partial charge < -0.3 is 15.0 Å². The fourth-order valence-corrected chi connectivity index (χ4v) is 4.31. The van der Waals surface area contributed by atoms with E-state index in [0.717, 1.165) is 36.9 Å². The van der Waals surface area contributed by atoms with E-state index in [-0.39, 0.29) is 11.8 Å². The molecular weight excluding hydrogens is 304 g/mol. The maximum absolute atomic E-state index is 13.1. The van der Waals surface area contributed by atoms with E-state index in [1.54, 1.807) is 4.90 Å². The lowest BCUT2D eigenvalue weighted by molar-refractivity contribution is -0.149. The van der Waals surface area contributed by atoms with E-state index in [4.69, 9.17) is 0 Å². The van der Waals surface area contributed by atoms with Crippen LogP contribution >= 0.6 is 0 Å². The molecule has 1 aliphatic heterocycles. The minimum atomic E-state index is -0.885. The second kappa shape index (κ2) is 5.65. The van der Waals surface area contributed by atoms with Gasteiger partial charge in [-0.2, -0.15) is 0 Å². The fourth-order valence-electron chi connectivity index (χ4n) is 4.31. The van der Waals surface area contributed by atoms with Crippen molar-refractivity contribution in [1.82, 2.24) is 9.88 Å². The highest BCUT2D eigenvalue weighted by Crippen LogP contribution is 2.38. The maximum atomic E-state index is 13.1. The van der Waals surface area contributed by atoms with Crippen molar-refractivity contribution in [3.8, 4) is 0 Å². The topological polar surface area (TPSA) is 73.4 Å². The number of hydrogen-bond donors (Lipinski definition) is 2. The summed E-state index contributed by atoms with van der Waals surface area (Å²) in [6.45, 7) is 2.63. The van der Waals surface area contributed by atoms with E-state index >= 15 is 0 Å². The molecule has 2 unspecified atom stereocenters. The van der Waals surface area contributed by atoms with Crippen LogP contribution in [0.2, 0.25) is 0 Å². The van der Waals surface area contributed by atoms with Crippen molar-refractivity contribution >= 4 is 22.8 Å². The summed E-state index contributed by atoms with van der Waals surface area (Å²) in [6.07, 6.45) is 4.07. The Labute approximate surface area is 140 Å². The van der Waals surface area contributed by atoms with Crippen molar-refractivity contribution < 1.29 is 14.7 Å². The molecule has 5 heteroatoms. The molecule has 4 rings (SSSR count). The number of carboxylic acid groups (broad SMARTS) is 1. The van der Waals surface area contributed by atoms with Crippen molar-refractivity contribution in [2.45, 2.75) is 51.0 Å². The van der Waals surface area contributed by atoms with Gasteiger partial charge >= 0.3 is 5.97 Å². The predicted molar refractivity (Wildman–Crippen MR) is 91.1 cm³/mol. The molecule has 2 aliphatic rings. The standard InChI is InChI=1S/C19H22N2O3/c1-11-7-8-15-14(10-11)12-4-2-5-13(17(12)20-15)18(22)21-9-3-6-16(21)19(23)24/h7-8,10,13,16,20H,2-6,9H2,1H3,(H,23,24). The fraction of sp³-hybridized carbons (Fsp3) is 0.474. The number of aromatic amines is 1. The van der Waals surface area contributed by atoms with Gasteiger partial charge in [-0.15, -0.1) is 0 Å². The van der Waals surface area contributed by atoms with Crippen LogP contribution in [0.1, 0.15) is 48.4 Å². The number of rotatable bonds is 2. The van der Waals surface area contributed by atoms with Crippen LogP contribution in [-0.2, 0) is 16.0 Å². The van der Waals surface area contributed by atoms with Crippen LogP contribution in [-0.4, -0.2) is 39.5 Å². The van der Waals surface area contributed by atoms with Gasteiger partial charge in [0.05, 0.1) is 5.92 Å². The van der Waals surface area contributed by atoms with Gasteiger partial charge in [-0.25, -0.2) is 4.79 Å². The van der Waals surface area contributed by atoms with Gasteiger partial charge in [0.25, 0.3) is 0 Å². The maximum Gasteiger partial charge on any atom is 0.326 e. The zero-order valence-corrected chi connectivity index (χ0v) is 13.8. The van der Waals surface area contributed by atoms with Crippen molar-refractivity contribution in [2.24, 2.45) is 0 Å². The van der Waals surface area contributed by atoms with Crippen LogP contribution in [0.5, 0.6) is 0 Å². The summed E-state index contributed by atoms with van der Waals surface area (Å²) in [5.41, 5.74) is 4.53. The van der Waals surface area contributed by atoms with Gasteiger partial charge in [0, 0.05) is 23.1 Å². The first kappa shape index (κ1) is 15.2. The zero-order chi connectivity index (χ0) is 16.8. The van der Waals surface area contributed by atoms with Crippen molar-refractivity contribution in [3.63, 3.8) is 0 Å². The molecule has 5 nitrogen and oxygen atoms in total. The van der Waals surface area contributed by atoms with Crippen LogP contribution in [0.4, 0.5) is 0 Å². The molecule has 126 valence electrons. The number of fused-ring (bicyclic) bond motifs is 3. The Morgan fingerprint density at radius 2 is 2.08 bits per heavy atom. The highest BCUT2D eigenvalue weighted by atomic mass is 16.4. The van der Waals surface area contributed by atoms with E-state index in [9.17, 15) is 14.7 Å². The third-order valence-corrected chi connectivity index (χ3v) is 5.48. The summed E-state index contributed by atoms with van der Waals surface area (Å²) < 4.78 is 0. The molecule has 0 radical (unpaired) electrons. The highest BCUT2D eigenvalue weighted by Gasteiger charge is 2.39. The minimum Gasteiger partial charge on any atom is -0.480 e. The van der Waals surface area contributed by atoms with Crippen LogP contribution in [0.25, 0.3) is 10.9 Å². The molecular formula is C19H22N2O3. The number of aromatic nitrogens is 1. The lowest BCUT2D eigenvalue weighted by atomic mass is 9.85. The number of nitrogens with one attached hydrogen (secondary N) is 1. The molecule has 0 spiro atoms. The molecule has 0 saturated carbocycles. The van der Waals surface area contributed by atoms with Crippen LogP contribution in [0.3, 0.4) is 0 Å². The third kappa shape index (κ3) is 2.30. The van der Waals surface area contributed by atoms with E-state index in [0.29, 0.717) is 13.0 Å². The average molecular weight is 326 g/mol. The number of carbonyl (C=O) groups is 2. The van der Waals surface area contributed by atoms with Crippen LogP contribution in [0.15, 0.2) is 18.2 Å². The molecule has 1 aromatic heterocycles. The zero-order valence-electron chi connectivity index (χ0n) is 13.8. The largest absolute Gasteiger partial charge is 0.480 e. The van der Waals surface area contributed by atoms with Crippen LogP contribution in [0, 0.1) is 6.92 Å². The van der Waals surface area contributed by atoms with E-state index < -0.39 is 12.0 Å². The van der Waals surface area contributed by atoms with Gasteiger partial charge in [-0.1, -0.05) is 11.6 Å². The van der Waals surface area contributed by atoms with Gasteiger partial charge in [-0.05, 0) is 56.7 Å². The van der Waals surface area contributed by atoms with Crippen molar-refractivity contribution in [3.05, 3.63) is 35.0 Å². The van der Waals surface area contributed by atoms with Gasteiger partial charge in [-0.3, -0.25) is 4.79 Å². The normalized spacial score (nSPS) is 23.5. The molecule has 1 amide bonds. The van der Waals surface area contributed by atoms with E-state index in [2.05, 4.69) is 30.1 Å². The summed E-state index contributed by atoms with van der Waals surface area (Å²) in [7, 11) is 0. The molecule has 1 fully saturated rings. The monoisotopic (exact) mass is 326 g/mol. The second-order valence-corrected chi connectivity index (χ2v) is 7.04. The van der Waals surface area contributed by atoms with Crippen molar-refractivity contribution in [2.75, 3.05) is 6.54 Å². The third-order valence-electron chi connectivity index (χ3n) is 5.48. The van der Waals surface area contributed by atoms with Gasteiger partial charge in [0.2, 0.25) is 5.91 Å². The molecule has 2 aromatic rings. The van der Waals surface area contributed by atoms with Gasteiger partial charge in [0.15, 0.2) is 0 Å². The summed E-state index contributed by atoms with van der Waals surface area (Å²) in [5.74, 6) is -1.14. The lowest BCUT2D eigenvalue weighted by Crippen LogP contribution is -2.43. The molecule has 24 heavy (non-hydrogen) atoms. The molecule has 2 atom stereocenters. The first-order chi connectivity index (χ1) is 11.6. The number of carboxylic acids is 1. The quantitative estimate of drug-likeness (QED) is 0.891. The second-order valence-electron chi connectivity index (χ2n) is 7.04. The number of H-pyrrole nitrogens is 1. The molecule has 2 heterocycles. The SMILES string of the molecule is Cc1ccc2[nH]c3c(c2c1)CCCC3C(=O)N1CCCC1C(=O)O. The minimum absolute atomic E-state index is 0.0240. The first-order valence-electron chi connectivity index (χ1n) is 8.70. The first-order valence-corrected chi connectivity index (χ1v) is 8.70. The molecule has 0 bridgehead atoms. The Morgan fingerprint density at radius 1 is 1.25 bits per heavy atom. The number of hydrogen-bond acceptors (Lipinski definition) is 2. The summed E-state index contributed by atoms with van der Waals surface area (Å²) in [4.78, 5) is 29.5. The predicted octanol–water partition coefficient (Wildman–Crippen LogP) is 2.97. The number of aryl methyl sites for hydroxylation is 2. The van der Waals surface area contributed by atoms with Crippen LogP contribution < -0.4 is 0 Å². The summed E-state index contributed by atoms with van der Waals surface area (Å²) >= 11 is 0. The number of benzene rings is 1. The Hall–Kier alpha value is -2.30. The molecule has 1 aromatic carbocycles. The summed E-state index contributed by atoms with van der Waals surface area (Å²) in [6, 6.07) is 5.66. The molecule has 2 N–H and O–H groups in total. The Bertz CT molecular complexity index is 823. The average Bonchev–Trinajstić information content (AvgIpc) is 3.18.